The van der Waals surface area contributed by atoms with Crippen LogP contribution in [0.2, 0.25) is 0 Å². The second-order valence-electron chi connectivity index (χ2n) is 6.94. The van der Waals surface area contributed by atoms with Crippen molar-refractivity contribution >= 4 is 29.2 Å². The Bertz CT molecular complexity index is 838. The summed E-state index contributed by atoms with van der Waals surface area (Å²) in [5.41, 5.74) is 2.65. The lowest BCUT2D eigenvalue weighted by molar-refractivity contribution is -0.113. The van der Waals surface area contributed by atoms with E-state index in [0.717, 1.165) is 24.1 Å². The first-order valence-corrected chi connectivity index (χ1v) is 10.00. The van der Waals surface area contributed by atoms with Crippen molar-refractivity contribution in [3.63, 3.8) is 0 Å². The van der Waals surface area contributed by atoms with Gasteiger partial charge in [0.1, 0.15) is 5.82 Å². The first-order valence-electron chi connectivity index (χ1n) is 8.95. The molecule has 0 unspecified atom stereocenters. The van der Waals surface area contributed by atoms with E-state index in [2.05, 4.69) is 24.3 Å². The largest absolute Gasteiger partial charge is 0.378 e. The van der Waals surface area contributed by atoms with Crippen LogP contribution in [0.3, 0.4) is 0 Å². The number of amides is 1. The number of rotatable bonds is 5. The molecule has 7 heteroatoms. The van der Waals surface area contributed by atoms with Gasteiger partial charge in [0.25, 0.3) is 5.56 Å². The number of hydrogen-bond donors (Lipinski definition) is 2. The van der Waals surface area contributed by atoms with Gasteiger partial charge in [0.15, 0.2) is 0 Å². The number of aromatic nitrogens is 2. The molecular formula is C19H26N4O2S. The van der Waals surface area contributed by atoms with Crippen LogP contribution in [0, 0.1) is 0 Å². The van der Waals surface area contributed by atoms with Crippen molar-refractivity contribution in [1.29, 1.82) is 0 Å². The van der Waals surface area contributed by atoms with Crippen molar-refractivity contribution < 1.29 is 4.79 Å². The third-order valence-corrected chi connectivity index (χ3v) is 5.99. The van der Waals surface area contributed by atoms with Crippen molar-refractivity contribution in [3.8, 4) is 0 Å². The number of carbonyl (C=O) groups excluding carboxylic acids is 1. The topological polar surface area (TPSA) is 70.1 Å². The van der Waals surface area contributed by atoms with Crippen LogP contribution in [0.4, 0.5) is 11.5 Å². The highest BCUT2D eigenvalue weighted by molar-refractivity contribution is 8.00. The Labute approximate surface area is 157 Å². The van der Waals surface area contributed by atoms with Gasteiger partial charge >= 0.3 is 0 Å². The standard InChI is InChI=1S/C19H26N4O2S/c1-5-6-12(2)23-18-16(19(25)21-23)17(26-11-15(24)20-18)13-7-9-14(10-8-13)22(3)4/h7-10,12,17H,5-6,11H2,1-4H3,(H,20,24)(H,21,25)/t12-,17-/m0/s1. The van der Waals surface area contributed by atoms with Crippen LogP contribution in [0.1, 0.15) is 49.1 Å². The maximum Gasteiger partial charge on any atom is 0.270 e. The summed E-state index contributed by atoms with van der Waals surface area (Å²) in [5.74, 6) is 0.879. The first kappa shape index (κ1) is 18.6. The van der Waals surface area contributed by atoms with Gasteiger partial charge in [-0.2, -0.15) is 0 Å². The lowest BCUT2D eigenvalue weighted by Crippen LogP contribution is -2.18. The second-order valence-corrected chi connectivity index (χ2v) is 8.03. The zero-order chi connectivity index (χ0) is 18.8. The summed E-state index contributed by atoms with van der Waals surface area (Å²) in [6.07, 6.45) is 1.94. The quantitative estimate of drug-likeness (QED) is 0.842. The van der Waals surface area contributed by atoms with E-state index in [0.29, 0.717) is 17.1 Å². The molecule has 6 nitrogen and oxygen atoms in total. The second kappa shape index (κ2) is 7.61. The summed E-state index contributed by atoms with van der Waals surface area (Å²) in [6.45, 7) is 4.17. The monoisotopic (exact) mass is 374 g/mol. The Morgan fingerprint density at radius 3 is 2.58 bits per heavy atom. The number of H-pyrrole nitrogens is 1. The molecule has 1 aromatic heterocycles. The van der Waals surface area contributed by atoms with Crippen LogP contribution >= 0.6 is 11.8 Å². The molecule has 0 aliphatic carbocycles. The summed E-state index contributed by atoms with van der Waals surface area (Å²) >= 11 is 1.50. The van der Waals surface area contributed by atoms with Crippen molar-refractivity contribution in [2.75, 3.05) is 30.1 Å². The van der Waals surface area contributed by atoms with Crippen molar-refractivity contribution in [2.24, 2.45) is 0 Å². The smallest absolute Gasteiger partial charge is 0.270 e. The maximum absolute atomic E-state index is 12.8. The maximum atomic E-state index is 12.8. The number of fused-ring (bicyclic) bond motifs is 1. The summed E-state index contributed by atoms with van der Waals surface area (Å²) in [7, 11) is 3.99. The minimum atomic E-state index is -0.168. The van der Waals surface area contributed by atoms with E-state index >= 15 is 0 Å². The van der Waals surface area contributed by atoms with Gasteiger partial charge in [-0.3, -0.25) is 19.4 Å². The minimum absolute atomic E-state index is 0.0693. The number of thioether (sulfide) groups is 1. The Morgan fingerprint density at radius 1 is 1.27 bits per heavy atom. The Morgan fingerprint density at radius 2 is 1.96 bits per heavy atom. The molecule has 1 aliphatic rings. The van der Waals surface area contributed by atoms with Gasteiger partial charge in [-0.1, -0.05) is 25.5 Å². The number of nitrogens with one attached hydrogen (secondary N) is 2. The lowest BCUT2D eigenvalue weighted by atomic mass is 10.1. The lowest BCUT2D eigenvalue weighted by Gasteiger charge is -2.18. The number of nitrogens with zero attached hydrogens (tertiary/aromatic N) is 2. The van der Waals surface area contributed by atoms with Gasteiger partial charge in [0, 0.05) is 25.8 Å². The summed E-state index contributed by atoms with van der Waals surface area (Å²) < 4.78 is 1.83. The SMILES string of the molecule is CCC[C@H](C)n1[nH]c(=O)c2c1NC(=O)CS[C@H]2c1ccc(N(C)C)cc1. The van der Waals surface area contributed by atoms with Crippen molar-refractivity contribution in [3.05, 3.63) is 45.7 Å². The van der Waals surface area contributed by atoms with E-state index < -0.39 is 0 Å². The molecule has 2 atom stereocenters. The molecule has 2 heterocycles. The first-order chi connectivity index (χ1) is 12.4. The number of carbonyl (C=O) groups is 1. The van der Waals surface area contributed by atoms with Gasteiger partial charge in [-0.25, -0.2) is 0 Å². The van der Waals surface area contributed by atoms with Crippen LogP contribution in [0.15, 0.2) is 29.1 Å². The number of hydrogen-bond acceptors (Lipinski definition) is 4. The average Bonchev–Trinajstić information content (AvgIpc) is 2.82. The fourth-order valence-corrected chi connectivity index (χ4v) is 4.46. The highest BCUT2D eigenvalue weighted by atomic mass is 32.2. The number of anilines is 2. The van der Waals surface area contributed by atoms with Gasteiger partial charge < -0.3 is 10.2 Å². The molecule has 0 radical (unpaired) electrons. The molecule has 2 aromatic rings. The molecule has 0 bridgehead atoms. The molecule has 1 amide bonds. The Kier molecular flexibility index (Phi) is 5.46. The van der Waals surface area contributed by atoms with Crippen LogP contribution in [0.25, 0.3) is 0 Å². The molecule has 1 aromatic carbocycles. The van der Waals surface area contributed by atoms with Gasteiger partial charge in [0.05, 0.1) is 16.6 Å². The highest BCUT2D eigenvalue weighted by Crippen LogP contribution is 2.40. The average molecular weight is 375 g/mol. The normalized spacial score (nSPS) is 18.0. The highest BCUT2D eigenvalue weighted by Gasteiger charge is 2.31. The van der Waals surface area contributed by atoms with E-state index in [-0.39, 0.29) is 22.8 Å². The van der Waals surface area contributed by atoms with E-state index in [1.165, 1.54) is 11.8 Å². The molecule has 0 spiro atoms. The molecule has 1 aliphatic heterocycles. The van der Waals surface area contributed by atoms with E-state index in [4.69, 9.17) is 0 Å². The number of benzene rings is 1. The number of aromatic amines is 1. The predicted octanol–water partition coefficient (Wildman–Crippen LogP) is 3.38. The van der Waals surface area contributed by atoms with E-state index in [1.807, 2.05) is 47.9 Å². The van der Waals surface area contributed by atoms with Gasteiger partial charge in [-0.05, 0) is 31.0 Å². The molecule has 140 valence electrons. The minimum Gasteiger partial charge on any atom is -0.378 e. The molecule has 0 fully saturated rings. The Hall–Kier alpha value is -2.15. The van der Waals surface area contributed by atoms with Gasteiger partial charge in [-0.15, -0.1) is 11.8 Å². The molecule has 0 saturated carbocycles. The third kappa shape index (κ3) is 3.53. The zero-order valence-electron chi connectivity index (χ0n) is 15.7. The molecule has 2 N–H and O–H groups in total. The van der Waals surface area contributed by atoms with Crippen LogP contribution in [-0.4, -0.2) is 35.5 Å². The molecule has 3 rings (SSSR count). The fourth-order valence-electron chi connectivity index (χ4n) is 3.33. The summed E-state index contributed by atoms with van der Waals surface area (Å²) in [6, 6.07) is 8.29. The van der Waals surface area contributed by atoms with Crippen LogP contribution in [0.5, 0.6) is 0 Å². The summed E-state index contributed by atoms with van der Waals surface area (Å²) in [5, 5.41) is 5.72. The van der Waals surface area contributed by atoms with E-state index in [9.17, 15) is 9.59 Å². The van der Waals surface area contributed by atoms with Gasteiger partial charge in [0.2, 0.25) is 5.91 Å². The molecule has 0 saturated heterocycles. The van der Waals surface area contributed by atoms with E-state index in [1.54, 1.807) is 0 Å². The zero-order valence-corrected chi connectivity index (χ0v) is 16.5. The fraction of sp³-hybridized carbons (Fsp3) is 0.474. The van der Waals surface area contributed by atoms with Crippen molar-refractivity contribution in [1.82, 2.24) is 9.78 Å². The molecule has 26 heavy (non-hydrogen) atoms. The summed E-state index contributed by atoms with van der Waals surface area (Å²) in [4.78, 5) is 27.0. The predicted molar refractivity (Wildman–Crippen MR) is 108 cm³/mol. The van der Waals surface area contributed by atoms with Crippen LogP contribution < -0.4 is 15.8 Å². The molecular weight excluding hydrogens is 348 g/mol. The Balaban J connectivity index is 2.07. The van der Waals surface area contributed by atoms with Crippen molar-refractivity contribution in [2.45, 2.75) is 38.0 Å². The van der Waals surface area contributed by atoms with Crippen LogP contribution in [-0.2, 0) is 4.79 Å². The third-order valence-electron chi connectivity index (χ3n) is 4.72.